The van der Waals surface area contributed by atoms with Crippen LogP contribution in [0.15, 0.2) is 53.6 Å². The van der Waals surface area contributed by atoms with Gasteiger partial charge in [-0.2, -0.15) is 10.4 Å². The van der Waals surface area contributed by atoms with E-state index in [-0.39, 0.29) is 12.5 Å². The first-order valence-electron chi connectivity index (χ1n) is 10.5. The van der Waals surface area contributed by atoms with Crippen LogP contribution >= 0.6 is 0 Å². The molecule has 2 aromatic rings. The second-order valence-corrected chi connectivity index (χ2v) is 6.70. The van der Waals surface area contributed by atoms with Crippen LogP contribution in [-0.4, -0.2) is 49.2 Å². The summed E-state index contributed by atoms with van der Waals surface area (Å²) in [6.45, 7) is 7.25. The van der Waals surface area contributed by atoms with Gasteiger partial charge in [0.25, 0.3) is 11.8 Å². The predicted octanol–water partition coefficient (Wildman–Crippen LogP) is 3.09. The molecule has 0 aliphatic heterocycles. The first-order chi connectivity index (χ1) is 15.5. The Bertz CT molecular complexity index is 966. The topological polar surface area (TPSA) is 104 Å². The molecule has 0 saturated heterocycles. The first kappa shape index (κ1) is 24.4. The summed E-state index contributed by atoms with van der Waals surface area (Å²) in [5.41, 5.74) is 3.65. The van der Waals surface area contributed by atoms with Crippen LogP contribution in [0.25, 0.3) is 0 Å². The molecule has 0 heterocycles. The second-order valence-electron chi connectivity index (χ2n) is 6.70. The minimum atomic E-state index is -0.952. The minimum absolute atomic E-state index is 0.0831. The molecule has 0 saturated carbocycles. The molecule has 0 aliphatic carbocycles. The zero-order valence-corrected chi connectivity index (χ0v) is 18.6. The summed E-state index contributed by atoms with van der Waals surface area (Å²) >= 11 is 0. The molecular weight excluding hydrogens is 408 g/mol. The van der Waals surface area contributed by atoms with E-state index in [9.17, 15) is 14.9 Å². The maximum absolute atomic E-state index is 12.3. The highest BCUT2D eigenvalue weighted by Crippen LogP contribution is 2.28. The van der Waals surface area contributed by atoms with Crippen molar-refractivity contribution in [3.63, 3.8) is 0 Å². The molecule has 32 heavy (non-hydrogen) atoms. The Kier molecular flexibility index (Phi) is 9.72. The van der Waals surface area contributed by atoms with E-state index in [1.54, 1.807) is 47.4 Å². The average Bonchev–Trinajstić information content (AvgIpc) is 2.81. The maximum atomic E-state index is 12.3. The Hall–Kier alpha value is -3.86. The number of carbonyl (C=O) groups is 2. The molecule has 0 fully saturated rings. The third kappa shape index (κ3) is 6.84. The van der Waals surface area contributed by atoms with E-state index in [4.69, 9.17) is 9.47 Å². The van der Waals surface area contributed by atoms with Crippen LogP contribution in [0.3, 0.4) is 0 Å². The molecule has 1 N–H and O–H groups in total. The SMILES string of the molecule is CCOc1cc(/C=N\NC(=O)[C@H](C#N)c2ccccc2)ccc1OCC(=O)N(CC)CC. The fourth-order valence-corrected chi connectivity index (χ4v) is 2.96. The Morgan fingerprint density at radius 2 is 1.81 bits per heavy atom. The van der Waals surface area contributed by atoms with Crippen molar-refractivity contribution in [3.8, 4) is 17.6 Å². The number of hydrazone groups is 1. The van der Waals surface area contributed by atoms with Crippen LogP contribution in [0.1, 0.15) is 37.8 Å². The van der Waals surface area contributed by atoms with Crippen molar-refractivity contribution < 1.29 is 19.1 Å². The van der Waals surface area contributed by atoms with Gasteiger partial charge in [0.1, 0.15) is 0 Å². The summed E-state index contributed by atoms with van der Waals surface area (Å²) in [6, 6.07) is 15.9. The number of nitrogens with one attached hydrogen (secondary N) is 1. The van der Waals surface area contributed by atoms with E-state index in [1.165, 1.54) is 6.21 Å². The lowest BCUT2D eigenvalue weighted by atomic mass is 10.0. The van der Waals surface area contributed by atoms with Gasteiger partial charge in [0.05, 0.1) is 18.9 Å². The largest absolute Gasteiger partial charge is 0.490 e. The molecule has 0 aliphatic rings. The number of amides is 2. The highest BCUT2D eigenvalue weighted by Gasteiger charge is 2.19. The molecule has 2 amide bonds. The Balaban J connectivity index is 2.05. The van der Waals surface area contributed by atoms with Gasteiger partial charge in [0.15, 0.2) is 24.0 Å². The number of ether oxygens (including phenoxy) is 2. The Labute approximate surface area is 188 Å². The number of hydrogen-bond acceptors (Lipinski definition) is 6. The van der Waals surface area contributed by atoms with Crippen molar-refractivity contribution in [3.05, 3.63) is 59.7 Å². The van der Waals surface area contributed by atoms with Gasteiger partial charge in [-0.1, -0.05) is 30.3 Å². The van der Waals surface area contributed by atoms with Gasteiger partial charge in [0, 0.05) is 13.1 Å². The van der Waals surface area contributed by atoms with Gasteiger partial charge >= 0.3 is 0 Å². The molecule has 8 heteroatoms. The van der Waals surface area contributed by atoms with Crippen molar-refractivity contribution in [2.75, 3.05) is 26.3 Å². The fraction of sp³-hybridized carbons (Fsp3) is 0.333. The molecule has 2 rings (SSSR count). The molecule has 8 nitrogen and oxygen atoms in total. The highest BCUT2D eigenvalue weighted by molar-refractivity contribution is 5.88. The van der Waals surface area contributed by atoms with Gasteiger partial charge in [-0.25, -0.2) is 5.43 Å². The lowest BCUT2D eigenvalue weighted by Gasteiger charge is -2.19. The van der Waals surface area contributed by atoms with E-state index in [0.717, 1.165) is 0 Å². The number of hydrogen-bond donors (Lipinski definition) is 1. The lowest BCUT2D eigenvalue weighted by molar-refractivity contribution is -0.133. The fourth-order valence-electron chi connectivity index (χ4n) is 2.96. The van der Waals surface area contributed by atoms with Crippen LogP contribution in [0.2, 0.25) is 0 Å². The van der Waals surface area contributed by atoms with E-state index >= 15 is 0 Å². The Morgan fingerprint density at radius 3 is 2.44 bits per heavy atom. The lowest BCUT2D eigenvalue weighted by Crippen LogP contribution is -2.34. The summed E-state index contributed by atoms with van der Waals surface area (Å²) < 4.78 is 11.3. The van der Waals surface area contributed by atoms with Crippen LogP contribution in [0.5, 0.6) is 11.5 Å². The smallest absolute Gasteiger partial charge is 0.261 e. The van der Waals surface area contributed by atoms with Crippen LogP contribution in [-0.2, 0) is 9.59 Å². The summed E-state index contributed by atoms with van der Waals surface area (Å²) in [4.78, 5) is 26.2. The second kappa shape index (κ2) is 12.7. The Morgan fingerprint density at radius 1 is 1.09 bits per heavy atom. The average molecular weight is 437 g/mol. The van der Waals surface area contributed by atoms with Crippen molar-refractivity contribution in [2.24, 2.45) is 5.10 Å². The van der Waals surface area contributed by atoms with Crippen LogP contribution in [0, 0.1) is 11.3 Å². The van der Waals surface area contributed by atoms with E-state index < -0.39 is 11.8 Å². The highest BCUT2D eigenvalue weighted by atomic mass is 16.5. The predicted molar refractivity (Wildman–Crippen MR) is 122 cm³/mol. The normalized spacial score (nSPS) is 11.4. The van der Waals surface area contributed by atoms with Gasteiger partial charge < -0.3 is 14.4 Å². The van der Waals surface area contributed by atoms with Gasteiger partial charge in [-0.15, -0.1) is 0 Å². The summed E-state index contributed by atoms with van der Waals surface area (Å²) in [6.07, 6.45) is 1.45. The number of likely N-dealkylation sites (N-methyl/N-ethyl adjacent to an activating group) is 1. The summed E-state index contributed by atoms with van der Waals surface area (Å²) in [5, 5.41) is 13.3. The summed E-state index contributed by atoms with van der Waals surface area (Å²) in [7, 11) is 0. The third-order valence-corrected chi connectivity index (χ3v) is 4.65. The van der Waals surface area contributed by atoms with Crippen molar-refractivity contribution >= 4 is 18.0 Å². The zero-order valence-electron chi connectivity index (χ0n) is 18.6. The molecular formula is C24H28N4O4. The summed E-state index contributed by atoms with van der Waals surface area (Å²) in [5.74, 6) is -0.658. The maximum Gasteiger partial charge on any atom is 0.261 e. The number of rotatable bonds is 11. The zero-order chi connectivity index (χ0) is 23.3. The number of benzene rings is 2. The molecule has 0 unspecified atom stereocenters. The first-order valence-corrected chi connectivity index (χ1v) is 10.5. The number of nitrogens with zero attached hydrogens (tertiary/aromatic N) is 3. The van der Waals surface area contributed by atoms with Crippen LogP contribution in [0.4, 0.5) is 0 Å². The van der Waals surface area contributed by atoms with Gasteiger partial charge in [0.2, 0.25) is 0 Å². The van der Waals surface area contributed by atoms with Crippen LogP contribution < -0.4 is 14.9 Å². The monoisotopic (exact) mass is 436 g/mol. The van der Waals surface area contributed by atoms with Gasteiger partial charge in [-0.05, 0) is 50.1 Å². The van der Waals surface area contributed by atoms with Crippen molar-refractivity contribution in [2.45, 2.75) is 26.7 Å². The van der Waals surface area contributed by atoms with E-state index in [0.29, 0.717) is 42.3 Å². The van der Waals surface area contributed by atoms with Gasteiger partial charge in [-0.3, -0.25) is 9.59 Å². The molecule has 0 spiro atoms. The molecule has 0 bridgehead atoms. The molecule has 2 aromatic carbocycles. The van der Waals surface area contributed by atoms with E-state index in [2.05, 4.69) is 10.5 Å². The van der Waals surface area contributed by atoms with E-state index in [1.807, 2.05) is 32.9 Å². The van der Waals surface area contributed by atoms with Crippen molar-refractivity contribution in [1.82, 2.24) is 10.3 Å². The quantitative estimate of drug-likeness (QED) is 0.431. The van der Waals surface area contributed by atoms with Crippen molar-refractivity contribution in [1.29, 1.82) is 5.26 Å². The third-order valence-electron chi connectivity index (χ3n) is 4.65. The minimum Gasteiger partial charge on any atom is -0.490 e. The molecule has 0 radical (unpaired) electrons. The molecule has 0 aromatic heterocycles. The number of carbonyl (C=O) groups excluding carboxylic acids is 2. The molecule has 168 valence electrons. The molecule has 1 atom stereocenters. The number of nitriles is 1. The standard InChI is InChI=1S/C24H28N4O4/c1-4-28(5-2)23(29)17-32-21-13-12-18(14-22(21)31-6-3)16-26-27-24(30)20(15-25)19-10-8-7-9-11-19/h7-14,16,20H,4-6,17H2,1-3H3,(H,27,30)/b26-16-/t20-/m1/s1.